The molecule has 2 rings (SSSR count). The number of thioether (sulfide) groups is 1. The fourth-order valence-electron chi connectivity index (χ4n) is 3.15. The Morgan fingerprint density at radius 1 is 1.29 bits per heavy atom. The SMILES string of the molecule is CCN(CC)CC(O)CSC(C#N)=C1NCCc2cc(OC)c(OC)cc21.Cl. The lowest BCUT2D eigenvalue weighted by molar-refractivity contribution is 0.137. The lowest BCUT2D eigenvalue weighted by Crippen LogP contribution is -2.33. The van der Waals surface area contributed by atoms with Gasteiger partial charge in [-0.3, -0.25) is 0 Å². The van der Waals surface area contributed by atoms with E-state index in [-0.39, 0.29) is 12.4 Å². The lowest BCUT2D eigenvalue weighted by Gasteiger charge is -2.25. The molecule has 0 saturated carbocycles. The number of rotatable bonds is 9. The van der Waals surface area contributed by atoms with Crippen LogP contribution < -0.4 is 14.8 Å². The minimum absolute atomic E-state index is 0. The van der Waals surface area contributed by atoms with Gasteiger partial charge >= 0.3 is 0 Å². The smallest absolute Gasteiger partial charge is 0.161 e. The van der Waals surface area contributed by atoms with Crippen LogP contribution in [-0.4, -0.2) is 62.3 Å². The summed E-state index contributed by atoms with van der Waals surface area (Å²) in [6, 6.07) is 6.19. The quantitative estimate of drug-likeness (QED) is 0.586. The number of fused-ring (bicyclic) bond motifs is 1. The molecule has 1 aliphatic rings. The zero-order valence-corrected chi connectivity index (χ0v) is 18.6. The Hall–Kier alpha value is -1.59. The van der Waals surface area contributed by atoms with Crippen molar-refractivity contribution in [2.45, 2.75) is 26.4 Å². The summed E-state index contributed by atoms with van der Waals surface area (Å²) >= 11 is 1.39. The molecule has 0 aromatic heterocycles. The highest BCUT2D eigenvalue weighted by Gasteiger charge is 2.22. The normalized spacial score (nSPS) is 15.6. The van der Waals surface area contributed by atoms with Gasteiger partial charge in [-0.15, -0.1) is 24.2 Å². The second-order valence-corrected chi connectivity index (χ2v) is 7.34. The first-order chi connectivity index (χ1) is 13.1. The number of halogens is 1. The van der Waals surface area contributed by atoms with Gasteiger partial charge in [0, 0.05) is 24.4 Å². The van der Waals surface area contributed by atoms with Crippen molar-refractivity contribution < 1.29 is 14.6 Å². The average molecular weight is 428 g/mol. The van der Waals surface area contributed by atoms with Gasteiger partial charge in [0.1, 0.15) is 11.0 Å². The first-order valence-electron chi connectivity index (χ1n) is 9.24. The van der Waals surface area contributed by atoms with Crippen LogP contribution in [0, 0.1) is 11.3 Å². The van der Waals surface area contributed by atoms with Crippen molar-refractivity contribution in [2.24, 2.45) is 0 Å². The summed E-state index contributed by atoms with van der Waals surface area (Å²) < 4.78 is 10.8. The van der Waals surface area contributed by atoms with Crippen LogP contribution in [0.1, 0.15) is 25.0 Å². The van der Waals surface area contributed by atoms with Gasteiger partial charge in [-0.2, -0.15) is 5.26 Å². The number of hydrogen-bond donors (Lipinski definition) is 2. The van der Waals surface area contributed by atoms with Gasteiger partial charge in [-0.25, -0.2) is 0 Å². The second-order valence-electron chi connectivity index (χ2n) is 6.31. The van der Waals surface area contributed by atoms with Crippen LogP contribution in [-0.2, 0) is 6.42 Å². The van der Waals surface area contributed by atoms with Crippen LogP contribution in [0.4, 0.5) is 0 Å². The van der Waals surface area contributed by atoms with E-state index in [1.165, 1.54) is 11.8 Å². The molecule has 1 aromatic carbocycles. The maximum Gasteiger partial charge on any atom is 0.161 e. The zero-order chi connectivity index (χ0) is 19.8. The molecule has 1 aliphatic heterocycles. The summed E-state index contributed by atoms with van der Waals surface area (Å²) in [6.45, 7) is 7.34. The number of likely N-dealkylation sites (N-methyl/N-ethyl adjacent to an activating group) is 1. The summed E-state index contributed by atoms with van der Waals surface area (Å²) in [6.07, 6.45) is 0.375. The van der Waals surface area contributed by atoms with E-state index in [2.05, 4.69) is 30.1 Å². The largest absolute Gasteiger partial charge is 0.493 e. The lowest BCUT2D eigenvalue weighted by atomic mass is 9.97. The van der Waals surface area contributed by atoms with Gasteiger partial charge < -0.3 is 24.8 Å². The Morgan fingerprint density at radius 3 is 2.50 bits per heavy atom. The van der Waals surface area contributed by atoms with Crippen molar-refractivity contribution in [1.82, 2.24) is 10.2 Å². The number of nitriles is 1. The Bertz CT molecular complexity index is 717. The van der Waals surface area contributed by atoms with Crippen molar-refractivity contribution in [3.8, 4) is 17.6 Å². The van der Waals surface area contributed by atoms with Gasteiger partial charge in [-0.05, 0) is 37.2 Å². The summed E-state index contributed by atoms with van der Waals surface area (Å²) in [5.41, 5.74) is 2.89. The number of hydrogen-bond acceptors (Lipinski definition) is 7. The van der Waals surface area contributed by atoms with E-state index in [4.69, 9.17) is 9.47 Å². The number of aliphatic hydroxyl groups is 1. The number of methoxy groups -OCH3 is 2. The number of benzene rings is 1. The molecule has 1 unspecified atom stereocenters. The Labute approximate surface area is 178 Å². The number of allylic oxidation sites excluding steroid dienone is 1. The highest BCUT2D eigenvalue weighted by atomic mass is 35.5. The van der Waals surface area contributed by atoms with Crippen LogP contribution in [0.5, 0.6) is 11.5 Å². The molecule has 156 valence electrons. The van der Waals surface area contributed by atoms with Crippen molar-refractivity contribution in [3.63, 3.8) is 0 Å². The molecule has 28 heavy (non-hydrogen) atoms. The predicted molar refractivity (Wildman–Crippen MR) is 117 cm³/mol. The van der Waals surface area contributed by atoms with Crippen LogP contribution >= 0.6 is 24.2 Å². The Balaban J connectivity index is 0.00000392. The highest BCUT2D eigenvalue weighted by Crippen LogP contribution is 2.37. The van der Waals surface area contributed by atoms with E-state index in [0.717, 1.165) is 42.9 Å². The monoisotopic (exact) mass is 427 g/mol. The molecule has 2 N–H and O–H groups in total. The van der Waals surface area contributed by atoms with Crippen LogP contribution in [0.3, 0.4) is 0 Å². The van der Waals surface area contributed by atoms with E-state index in [1.807, 2.05) is 12.1 Å². The third kappa shape index (κ3) is 5.95. The fraction of sp³-hybridized carbons (Fsp3) is 0.550. The summed E-state index contributed by atoms with van der Waals surface area (Å²) in [4.78, 5) is 2.76. The molecular weight excluding hydrogens is 398 g/mol. The summed E-state index contributed by atoms with van der Waals surface area (Å²) in [7, 11) is 3.23. The van der Waals surface area contributed by atoms with E-state index in [9.17, 15) is 10.4 Å². The molecule has 0 fully saturated rings. The summed E-state index contributed by atoms with van der Waals surface area (Å²) in [5.74, 6) is 1.81. The van der Waals surface area contributed by atoms with E-state index < -0.39 is 6.10 Å². The molecule has 0 aliphatic carbocycles. The van der Waals surface area contributed by atoms with Gasteiger partial charge in [0.2, 0.25) is 0 Å². The molecule has 6 nitrogen and oxygen atoms in total. The minimum atomic E-state index is -0.479. The molecule has 0 amide bonds. The molecular formula is C20H30ClN3O3S. The maximum absolute atomic E-state index is 10.3. The van der Waals surface area contributed by atoms with Crippen molar-refractivity contribution in [3.05, 3.63) is 28.2 Å². The Morgan fingerprint density at radius 2 is 1.93 bits per heavy atom. The molecule has 1 heterocycles. The maximum atomic E-state index is 10.3. The van der Waals surface area contributed by atoms with Crippen molar-refractivity contribution in [2.75, 3.05) is 46.2 Å². The number of nitrogens with one attached hydrogen (secondary N) is 1. The number of aliphatic hydroxyl groups excluding tert-OH is 1. The second kappa shape index (κ2) is 12.1. The molecule has 0 bridgehead atoms. The van der Waals surface area contributed by atoms with Gasteiger partial charge in [0.15, 0.2) is 11.5 Å². The first kappa shape index (κ1) is 24.4. The molecule has 0 saturated heterocycles. The third-order valence-electron chi connectivity index (χ3n) is 4.69. The molecule has 8 heteroatoms. The van der Waals surface area contributed by atoms with E-state index in [1.54, 1.807) is 14.2 Å². The number of nitrogens with zero attached hydrogens (tertiary/aromatic N) is 2. The van der Waals surface area contributed by atoms with Crippen LogP contribution in [0.25, 0.3) is 5.70 Å². The van der Waals surface area contributed by atoms with Crippen molar-refractivity contribution >= 4 is 29.9 Å². The number of ether oxygens (including phenoxy) is 2. The van der Waals surface area contributed by atoms with Gasteiger partial charge in [-0.1, -0.05) is 13.8 Å². The molecule has 1 atom stereocenters. The average Bonchev–Trinajstić information content (AvgIpc) is 2.71. The van der Waals surface area contributed by atoms with Crippen molar-refractivity contribution in [1.29, 1.82) is 5.26 Å². The molecule has 0 spiro atoms. The zero-order valence-electron chi connectivity index (χ0n) is 16.9. The minimum Gasteiger partial charge on any atom is -0.493 e. The third-order valence-corrected chi connectivity index (χ3v) is 5.82. The van der Waals surface area contributed by atoms with E-state index >= 15 is 0 Å². The van der Waals surface area contributed by atoms with E-state index in [0.29, 0.717) is 28.7 Å². The first-order valence-corrected chi connectivity index (χ1v) is 10.2. The Kier molecular flexibility index (Phi) is 10.5. The van der Waals surface area contributed by atoms with Crippen LogP contribution in [0.2, 0.25) is 0 Å². The predicted octanol–water partition coefficient (Wildman–Crippen LogP) is 2.90. The molecule has 1 aromatic rings. The standard InChI is InChI=1S/C20H29N3O3S.ClH/c1-5-23(6-2)12-15(24)13-27-19(11-21)20-16-10-18(26-4)17(25-3)9-14(16)7-8-22-20;/h9-10,15,22,24H,5-8,12-13H2,1-4H3;1H. The topological polar surface area (TPSA) is 77.8 Å². The fourth-order valence-corrected chi connectivity index (χ4v) is 4.01. The highest BCUT2D eigenvalue weighted by molar-refractivity contribution is 8.03. The van der Waals surface area contributed by atoms with Crippen LogP contribution in [0.15, 0.2) is 17.0 Å². The van der Waals surface area contributed by atoms with Gasteiger partial charge in [0.05, 0.1) is 26.0 Å². The molecule has 0 radical (unpaired) electrons. The van der Waals surface area contributed by atoms with Gasteiger partial charge in [0.25, 0.3) is 0 Å². The summed E-state index contributed by atoms with van der Waals surface area (Å²) in [5, 5.41) is 23.4.